The standard InChI is InChI=1S/C25H20FNO3/c26-18-13-17(14-19(28)15-18)7-5-6-12-27-25(29)30-16-24-22-10-3-1-8-20(22)21-9-2-4-11-23(21)24/h1-4,8-11,13-15,24,28H,6,12,16H2,(H,27,29). The molecule has 0 heterocycles. The highest BCUT2D eigenvalue weighted by molar-refractivity contribution is 5.79. The number of nitrogens with one attached hydrogen (secondary N) is 1. The molecule has 1 aliphatic rings. The number of hydrogen-bond donors (Lipinski definition) is 2. The van der Waals surface area contributed by atoms with Crippen LogP contribution < -0.4 is 5.32 Å². The maximum Gasteiger partial charge on any atom is 0.407 e. The summed E-state index contributed by atoms with van der Waals surface area (Å²) in [5.74, 6) is 4.89. The minimum absolute atomic E-state index is 0.0172. The van der Waals surface area contributed by atoms with E-state index < -0.39 is 11.9 Å². The minimum Gasteiger partial charge on any atom is -0.508 e. The van der Waals surface area contributed by atoms with Gasteiger partial charge in [-0.3, -0.25) is 0 Å². The Balaban J connectivity index is 1.29. The minimum atomic E-state index is -0.545. The summed E-state index contributed by atoms with van der Waals surface area (Å²) in [5, 5.41) is 12.0. The van der Waals surface area contributed by atoms with Gasteiger partial charge in [0.15, 0.2) is 0 Å². The molecule has 0 bridgehead atoms. The van der Waals surface area contributed by atoms with Gasteiger partial charge < -0.3 is 15.2 Å². The van der Waals surface area contributed by atoms with Gasteiger partial charge in [0.25, 0.3) is 0 Å². The lowest BCUT2D eigenvalue weighted by molar-refractivity contribution is 0.143. The predicted molar refractivity (Wildman–Crippen MR) is 113 cm³/mol. The Morgan fingerprint density at radius 2 is 1.70 bits per heavy atom. The molecule has 3 aromatic carbocycles. The van der Waals surface area contributed by atoms with Gasteiger partial charge in [-0.25, -0.2) is 9.18 Å². The summed E-state index contributed by atoms with van der Waals surface area (Å²) in [5.41, 5.74) is 5.07. The molecule has 0 aromatic heterocycles. The van der Waals surface area contributed by atoms with Crippen LogP contribution in [0.15, 0.2) is 66.7 Å². The fraction of sp³-hybridized carbons (Fsp3) is 0.160. The van der Waals surface area contributed by atoms with Gasteiger partial charge in [0.2, 0.25) is 0 Å². The largest absolute Gasteiger partial charge is 0.508 e. The summed E-state index contributed by atoms with van der Waals surface area (Å²) in [7, 11) is 0. The molecule has 30 heavy (non-hydrogen) atoms. The van der Waals surface area contributed by atoms with Crippen LogP contribution in [0.2, 0.25) is 0 Å². The lowest BCUT2D eigenvalue weighted by atomic mass is 9.98. The van der Waals surface area contributed by atoms with E-state index in [1.54, 1.807) is 0 Å². The van der Waals surface area contributed by atoms with Crippen molar-refractivity contribution in [2.75, 3.05) is 13.2 Å². The molecular weight excluding hydrogens is 381 g/mol. The molecule has 2 N–H and O–H groups in total. The molecule has 1 amide bonds. The number of phenolic OH excluding ortho intramolecular Hbond substituents is 1. The second kappa shape index (κ2) is 8.71. The number of carbonyl (C=O) groups is 1. The van der Waals surface area contributed by atoms with E-state index in [4.69, 9.17) is 4.74 Å². The van der Waals surface area contributed by atoms with Gasteiger partial charge in [-0.1, -0.05) is 60.4 Å². The number of ether oxygens (including phenoxy) is 1. The first-order valence-corrected chi connectivity index (χ1v) is 9.69. The second-order valence-electron chi connectivity index (χ2n) is 7.00. The smallest absolute Gasteiger partial charge is 0.407 e. The first-order chi connectivity index (χ1) is 14.6. The van der Waals surface area contributed by atoms with Crippen molar-refractivity contribution in [3.05, 3.63) is 89.2 Å². The Kier molecular flexibility index (Phi) is 5.67. The third kappa shape index (κ3) is 4.28. The van der Waals surface area contributed by atoms with Gasteiger partial charge in [0.1, 0.15) is 18.2 Å². The van der Waals surface area contributed by atoms with Crippen LogP contribution in [0.5, 0.6) is 5.75 Å². The maximum absolute atomic E-state index is 13.2. The molecule has 0 atom stereocenters. The number of amides is 1. The van der Waals surface area contributed by atoms with Gasteiger partial charge in [0.05, 0.1) is 0 Å². The average Bonchev–Trinajstić information content (AvgIpc) is 3.05. The number of halogens is 1. The van der Waals surface area contributed by atoms with E-state index >= 15 is 0 Å². The summed E-state index contributed by atoms with van der Waals surface area (Å²) in [6, 6.07) is 20.0. The second-order valence-corrected chi connectivity index (χ2v) is 7.00. The van der Waals surface area contributed by atoms with Crippen LogP contribution in [0.25, 0.3) is 11.1 Å². The maximum atomic E-state index is 13.2. The number of rotatable bonds is 4. The summed E-state index contributed by atoms with van der Waals surface area (Å²) < 4.78 is 18.7. The van der Waals surface area contributed by atoms with E-state index in [-0.39, 0.29) is 18.3 Å². The summed E-state index contributed by atoms with van der Waals surface area (Å²) in [6.07, 6.45) is -0.122. The van der Waals surface area contributed by atoms with Crippen molar-refractivity contribution in [2.45, 2.75) is 12.3 Å². The average molecular weight is 401 g/mol. The van der Waals surface area contributed by atoms with Crippen molar-refractivity contribution in [1.82, 2.24) is 5.32 Å². The monoisotopic (exact) mass is 401 g/mol. The van der Waals surface area contributed by atoms with Crippen LogP contribution in [0.4, 0.5) is 9.18 Å². The molecule has 0 saturated heterocycles. The van der Waals surface area contributed by atoms with Gasteiger partial charge in [0, 0.05) is 30.5 Å². The van der Waals surface area contributed by atoms with Gasteiger partial charge in [-0.05, 0) is 34.4 Å². The van der Waals surface area contributed by atoms with Crippen LogP contribution in [0, 0.1) is 17.7 Å². The van der Waals surface area contributed by atoms with Crippen molar-refractivity contribution in [2.24, 2.45) is 0 Å². The Morgan fingerprint density at radius 3 is 2.37 bits per heavy atom. The van der Waals surface area contributed by atoms with E-state index in [2.05, 4.69) is 41.4 Å². The quantitative estimate of drug-likeness (QED) is 0.487. The van der Waals surface area contributed by atoms with E-state index in [1.807, 2.05) is 24.3 Å². The molecule has 5 heteroatoms. The highest BCUT2D eigenvalue weighted by atomic mass is 19.1. The highest BCUT2D eigenvalue weighted by Gasteiger charge is 2.28. The molecular formula is C25H20FNO3. The molecule has 4 nitrogen and oxygen atoms in total. The van der Waals surface area contributed by atoms with Crippen molar-refractivity contribution < 1.29 is 19.0 Å². The predicted octanol–water partition coefficient (Wildman–Crippen LogP) is 4.81. The van der Waals surface area contributed by atoms with Crippen molar-refractivity contribution in [1.29, 1.82) is 0 Å². The van der Waals surface area contributed by atoms with Gasteiger partial charge in [-0.15, -0.1) is 0 Å². The van der Waals surface area contributed by atoms with Crippen molar-refractivity contribution >= 4 is 6.09 Å². The molecule has 150 valence electrons. The zero-order chi connectivity index (χ0) is 20.9. The Morgan fingerprint density at radius 1 is 1.03 bits per heavy atom. The number of carbonyl (C=O) groups excluding carboxylic acids is 1. The number of aromatic hydroxyl groups is 1. The molecule has 0 unspecified atom stereocenters. The Bertz CT molecular complexity index is 1080. The van der Waals surface area contributed by atoms with Crippen molar-refractivity contribution in [3.8, 4) is 28.7 Å². The first kappa shape index (κ1) is 19.5. The number of fused-ring (bicyclic) bond motifs is 3. The molecule has 4 rings (SSSR count). The normalized spacial score (nSPS) is 11.8. The van der Waals surface area contributed by atoms with Crippen LogP contribution in [0.3, 0.4) is 0 Å². The van der Waals surface area contributed by atoms with E-state index in [0.717, 1.165) is 17.2 Å². The third-order valence-corrected chi connectivity index (χ3v) is 4.98. The van der Waals surface area contributed by atoms with Crippen LogP contribution in [-0.2, 0) is 4.74 Å². The number of phenols is 1. The first-order valence-electron chi connectivity index (χ1n) is 9.69. The fourth-order valence-corrected chi connectivity index (χ4v) is 3.69. The zero-order valence-electron chi connectivity index (χ0n) is 16.2. The molecule has 0 radical (unpaired) electrons. The van der Waals surface area contributed by atoms with Gasteiger partial charge in [-0.2, -0.15) is 0 Å². The molecule has 0 aliphatic heterocycles. The number of alkyl carbamates (subject to hydrolysis) is 1. The summed E-state index contributed by atoms with van der Waals surface area (Å²) >= 11 is 0. The molecule has 0 spiro atoms. The fourth-order valence-electron chi connectivity index (χ4n) is 3.69. The lowest BCUT2D eigenvalue weighted by Gasteiger charge is -2.14. The SMILES string of the molecule is O=C(NCCC#Cc1cc(O)cc(F)c1)OCC1c2ccccc2-c2ccccc21. The van der Waals surface area contributed by atoms with Crippen LogP contribution in [0.1, 0.15) is 29.0 Å². The van der Waals surface area contributed by atoms with Gasteiger partial charge >= 0.3 is 6.09 Å². The molecule has 0 saturated carbocycles. The number of benzene rings is 3. The Hall–Kier alpha value is -3.78. The zero-order valence-corrected chi connectivity index (χ0v) is 16.2. The number of hydrogen-bond acceptors (Lipinski definition) is 3. The molecule has 0 fully saturated rings. The van der Waals surface area contributed by atoms with E-state index in [0.29, 0.717) is 18.5 Å². The summed E-state index contributed by atoms with van der Waals surface area (Å²) in [4.78, 5) is 12.1. The topological polar surface area (TPSA) is 58.6 Å². The molecule has 3 aromatic rings. The highest BCUT2D eigenvalue weighted by Crippen LogP contribution is 2.44. The van der Waals surface area contributed by atoms with E-state index in [9.17, 15) is 14.3 Å². The van der Waals surface area contributed by atoms with Crippen molar-refractivity contribution in [3.63, 3.8) is 0 Å². The Labute approximate surface area is 174 Å². The van der Waals surface area contributed by atoms with Crippen LogP contribution >= 0.6 is 0 Å². The summed E-state index contributed by atoms with van der Waals surface area (Å²) in [6.45, 7) is 0.569. The third-order valence-electron chi connectivity index (χ3n) is 4.98. The van der Waals surface area contributed by atoms with E-state index in [1.165, 1.54) is 23.3 Å². The molecule has 1 aliphatic carbocycles. The lowest BCUT2D eigenvalue weighted by Crippen LogP contribution is -2.26. The van der Waals surface area contributed by atoms with Crippen LogP contribution in [-0.4, -0.2) is 24.4 Å².